The van der Waals surface area contributed by atoms with E-state index >= 15 is 0 Å². The quantitative estimate of drug-likeness (QED) is 0.558. The number of nitrogens with zero attached hydrogens (tertiary/aromatic N) is 2. The minimum Gasteiger partial charge on any atom is -0.492 e. The summed E-state index contributed by atoms with van der Waals surface area (Å²) >= 11 is 0. The summed E-state index contributed by atoms with van der Waals surface area (Å²) in [7, 11) is 0. The second kappa shape index (κ2) is 6.00. The van der Waals surface area contributed by atoms with Crippen molar-refractivity contribution < 1.29 is 9.53 Å². The molecule has 0 amide bonds. The number of rotatable bonds is 6. The van der Waals surface area contributed by atoms with E-state index in [1.165, 1.54) is 6.20 Å². The lowest BCUT2D eigenvalue weighted by Crippen LogP contribution is -2.10. The zero-order chi connectivity index (χ0) is 12.7. The Morgan fingerprint density at radius 3 is 2.82 bits per heavy atom. The van der Waals surface area contributed by atoms with Crippen molar-refractivity contribution in [2.45, 2.75) is 26.7 Å². The summed E-state index contributed by atoms with van der Waals surface area (Å²) in [5, 5.41) is 8.83. The van der Waals surface area contributed by atoms with E-state index in [1.54, 1.807) is 12.1 Å². The second-order valence-corrected chi connectivity index (χ2v) is 4.48. The lowest BCUT2D eigenvalue weighted by molar-refractivity contribution is 0.111. The van der Waals surface area contributed by atoms with Crippen LogP contribution in [0.3, 0.4) is 0 Å². The molecule has 0 N–H and O–H groups in total. The minimum absolute atomic E-state index is 0.303. The Kier molecular flexibility index (Phi) is 4.65. The lowest BCUT2D eigenvalue weighted by Gasteiger charge is -2.14. The smallest absolute Gasteiger partial charge is 0.168 e. The van der Waals surface area contributed by atoms with Gasteiger partial charge in [0.1, 0.15) is 11.4 Å². The van der Waals surface area contributed by atoms with Crippen molar-refractivity contribution in [1.82, 2.24) is 4.98 Å². The largest absolute Gasteiger partial charge is 0.492 e. The van der Waals surface area contributed by atoms with Gasteiger partial charge in [0.05, 0.1) is 24.3 Å². The van der Waals surface area contributed by atoms with E-state index in [-0.39, 0.29) is 5.41 Å². The van der Waals surface area contributed by atoms with Crippen molar-refractivity contribution in [3.63, 3.8) is 0 Å². The molecule has 4 nitrogen and oxygen atoms in total. The molecule has 4 heteroatoms. The normalized spacial score (nSPS) is 10.6. The molecule has 0 aliphatic rings. The van der Waals surface area contributed by atoms with Gasteiger partial charge in [-0.25, -0.2) is 4.98 Å². The van der Waals surface area contributed by atoms with Gasteiger partial charge < -0.3 is 4.74 Å². The van der Waals surface area contributed by atoms with Crippen LogP contribution in [0.1, 0.15) is 37.2 Å². The van der Waals surface area contributed by atoms with Crippen molar-refractivity contribution in [2.75, 3.05) is 6.61 Å². The van der Waals surface area contributed by atoms with E-state index in [0.29, 0.717) is 24.3 Å². The molecule has 0 aromatic carbocycles. The molecule has 0 saturated heterocycles. The molecule has 1 rings (SSSR count). The highest BCUT2D eigenvalue weighted by atomic mass is 16.5. The molecule has 0 saturated carbocycles. The summed E-state index contributed by atoms with van der Waals surface area (Å²) in [5.41, 5.74) is 0.0890. The number of carbonyl (C=O) groups is 1. The molecular formula is C13H16N2O2. The molecule has 0 unspecified atom stereocenters. The van der Waals surface area contributed by atoms with Crippen LogP contribution in [-0.2, 0) is 0 Å². The van der Waals surface area contributed by atoms with Crippen LogP contribution in [0.15, 0.2) is 18.3 Å². The van der Waals surface area contributed by atoms with Crippen molar-refractivity contribution in [3.8, 4) is 11.8 Å². The molecule has 1 aromatic heterocycles. The van der Waals surface area contributed by atoms with Crippen LogP contribution in [0.2, 0.25) is 0 Å². The first-order valence-corrected chi connectivity index (χ1v) is 5.53. The molecule has 17 heavy (non-hydrogen) atoms. The van der Waals surface area contributed by atoms with Gasteiger partial charge in [0.2, 0.25) is 0 Å². The zero-order valence-corrected chi connectivity index (χ0v) is 10.1. The van der Waals surface area contributed by atoms with Crippen LogP contribution in [0.25, 0.3) is 0 Å². The minimum atomic E-state index is -0.303. The predicted octanol–water partition coefficient (Wildman–Crippen LogP) is 2.60. The van der Waals surface area contributed by atoms with Crippen molar-refractivity contribution in [1.29, 1.82) is 5.26 Å². The third-order valence-electron chi connectivity index (χ3n) is 2.40. The Bertz CT molecular complexity index is 404. The van der Waals surface area contributed by atoms with E-state index in [2.05, 4.69) is 11.1 Å². The highest BCUT2D eigenvalue weighted by molar-refractivity contribution is 5.71. The van der Waals surface area contributed by atoms with Crippen molar-refractivity contribution in [2.24, 2.45) is 5.41 Å². The van der Waals surface area contributed by atoms with Gasteiger partial charge in [-0.05, 0) is 38.8 Å². The van der Waals surface area contributed by atoms with Crippen LogP contribution in [0.5, 0.6) is 5.75 Å². The van der Waals surface area contributed by atoms with Crippen molar-refractivity contribution >= 4 is 6.29 Å². The zero-order valence-electron chi connectivity index (χ0n) is 10.1. The van der Waals surface area contributed by atoms with Gasteiger partial charge in [-0.2, -0.15) is 5.26 Å². The van der Waals surface area contributed by atoms with Gasteiger partial charge in [0.15, 0.2) is 6.29 Å². The first-order valence-electron chi connectivity index (χ1n) is 5.53. The maximum absolute atomic E-state index is 10.4. The number of aldehydes is 1. The number of nitriles is 1. The Morgan fingerprint density at radius 2 is 2.29 bits per heavy atom. The molecule has 1 aromatic rings. The van der Waals surface area contributed by atoms with E-state index in [0.717, 1.165) is 12.8 Å². The summed E-state index contributed by atoms with van der Waals surface area (Å²) in [6, 6.07) is 5.58. The average molecular weight is 232 g/mol. The summed E-state index contributed by atoms with van der Waals surface area (Å²) in [5.74, 6) is 0.644. The van der Waals surface area contributed by atoms with Gasteiger partial charge in [-0.3, -0.25) is 4.79 Å². The summed E-state index contributed by atoms with van der Waals surface area (Å²) in [6.07, 6.45) is 3.83. The number of aromatic nitrogens is 1. The number of hydrogen-bond acceptors (Lipinski definition) is 4. The Balaban J connectivity index is 2.32. The summed E-state index contributed by atoms with van der Waals surface area (Å²) in [4.78, 5) is 14.3. The fraction of sp³-hybridized carbons (Fsp3) is 0.462. The van der Waals surface area contributed by atoms with Crippen LogP contribution < -0.4 is 4.74 Å². The molecule has 0 aliphatic heterocycles. The first kappa shape index (κ1) is 13.2. The van der Waals surface area contributed by atoms with Gasteiger partial charge >= 0.3 is 0 Å². The van der Waals surface area contributed by atoms with Crippen LogP contribution in [0, 0.1) is 16.7 Å². The molecule has 0 aliphatic carbocycles. The van der Waals surface area contributed by atoms with Crippen LogP contribution in [-0.4, -0.2) is 17.9 Å². The van der Waals surface area contributed by atoms with E-state index < -0.39 is 0 Å². The van der Waals surface area contributed by atoms with Crippen LogP contribution >= 0.6 is 0 Å². The fourth-order valence-corrected chi connectivity index (χ4v) is 1.31. The number of carbonyl (C=O) groups excluding carboxylic acids is 1. The molecule has 1 heterocycles. The van der Waals surface area contributed by atoms with Gasteiger partial charge in [-0.15, -0.1) is 0 Å². The predicted molar refractivity (Wildman–Crippen MR) is 63.7 cm³/mol. The Labute approximate surface area is 101 Å². The van der Waals surface area contributed by atoms with E-state index in [4.69, 9.17) is 10.00 Å². The number of hydrogen-bond donors (Lipinski definition) is 0. The highest BCUT2D eigenvalue weighted by Gasteiger charge is 2.15. The Morgan fingerprint density at radius 1 is 1.53 bits per heavy atom. The number of ether oxygens (including phenoxy) is 1. The molecule has 0 fully saturated rings. The molecule has 0 atom stereocenters. The lowest BCUT2D eigenvalue weighted by atomic mass is 9.90. The van der Waals surface area contributed by atoms with E-state index in [9.17, 15) is 4.79 Å². The van der Waals surface area contributed by atoms with Crippen LogP contribution in [0.4, 0.5) is 0 Å². The maximum Gasteiger partial charge on any atom is 0.168 e. The third-order valence-corrected chi connectivity index (χ3v) is 2.40. The summed E-state index contributed by atoms with van der Waals surface area (Å²) < 4.78 is 5.46. The SMILES string of the molecule is CC(C)(C#N)CCCOc1ccc(C=O)nc1. The molecule has 0 bridgehead atoms. The third kappa shape index (κ3) is 4.64. The number of pyridine rings is 1. The first-order chi connectivity index (χ1) is 8.07. The fourth-order valence-electron chi connectivity index (χ4n) is 1.31. The Hall–Kier alpha value is -1.89. The average Bonchev–Trinajstić information content (AvgIpc) is 2.35. The second-order valence-electron chi connectivity index (χ2n) is 4.48. The van der Waals surface area contributed by atoms with Gasteiger partial charge in [0.25, 0.3) is 0 Å². The molecule has 90 valence electrons. The highest BCUT2D eigenvalue weighted by Crippen LogP contribution is 2.20. The van der Waals surface area contributed by atoms with Gasteiger partial charge in [-0.1, -0.05) is 0 Å². The molecule has 0 spiro atoms. The van der Waals surface area contributed by atoms with Crippen molar-refractivity contribution in [3.05, 3.63) is 24.0 Å². The monoisotopic (exact) mass is 232 g/mol. The maximum atomic E-state index is 10.4. The molecule has 0 radical (unpaired) electrons. The van der Waals surface area contributed by atoms with Gasteiger partial charge in [0, 0.05) is 0 Å². The standard InChI is InChI=1S/C13H16N2O2/c1-13(2,10-14)6-3-7-17-12-5-4-11(9-16)15-8-12/h4-5,8-9H,3,6-7H2,1-2H3. The summed E-state index contributed by atoms with van der Waals surface area (Å²) in [6.45, 7) is 4.37. The molecular weight excluding hydrogens is 216 g/mol. The topological polar surface area (TPSA) is 63.0 Å². The van der Waals surface area contributed by atoms with E-state index in [1.807, 2.05) is 13.8 Å².